The smallest absolute Gasteiger partial charge is 0.354 e. The zero-order valence-corrected chi connectivity index (χ0v) is 7.29. The maximum Gasteiger partial charge on any atom is 0.354 e. The van der Waals surface area contributed by atoms with Crippen LogP contribution in [0, 0.1) is 6.92 Å². The lowest BCUT2D eigenvalue weighted by Crippen LogP contribution is -2.09. The molecule has 0 aliphatic rings. The van der Waals surface area contributed by atoms with Gasteiger partial charge in [-0.15, -0.1) is 0 Å². The number of anilines is 1. The standard InChI is InChI=1S/C8H8F2N2O2/c1-3-4(11)2-5(7(9)10)12-6(3)8(13)14/h2,7H,1H3,(H2,11,12)(H,13,14). The van der Waals surface area contributed by atoms with Crippen LogP contribution in [0.3, 0.4) is 0 Å². The number of aromatic carboxylic acids is 1. The first-order chi connectivity index (χ1) is 6.43. The third-order valence-corrected chi connectivity index (χ3v) is 1.76. The van der Waals surface area contributed by atoms with Gasteiger partial charge in [0.1, 0.15) is 5.69 Å². The van der Waals surface area contributed by atoms with Crippen LogP contribution >= 0.6 is 0 Å². The van der Waals surface area contributed by atoms with Crippen molar-refractivity contribution >= 4 is 11.7 Å². The van der Waals surface area contributed by atoms with Crippen LogP contribution in [0.25, 0.3) is 0 Å². The van der Waals surface area contributed by atoms with E-state index in [1.807, 2.05) is 0 Å². The van der Waals surface area contributed by atoms with Crippen LogP contribution in [0.4, 0.5) is 14.5 Å². The van der Waals surface area contributed by atoms with Crippen molar-refractivity contribution in [2.24, 2.45) is 0 Å². The fourth-order valence-electron chi connectivity index (χ4n) is 0.970. The van der Waals surface area contributed by atoms with Crippen molar-refractivity contribution in [1.82, 2.24) is 4.98 Å². The predicted octanol–water partition coefficient (Wildman–Crippen LogP) is 1.61. The fourth-order valence-corrected chi connectivity index (χ4v) is 0.970. The van der Waals surface area contributed by atoms with Gasteiger partial charge in [-0.1, -0.05) is 0 Å². The van der Waals surface area contributed by atoms with Gasteiger partial charge in [-0.25, -0.2) is 18.6 Å². The van der Waals surface area contributed by atoms with E-state index in [4.69, 9.17) is 10.8 Å². The lowest BCUT2D eigenvalue weighted by molar-refractivity contribution is 0.0688. The number of carbonyl (C=O) groups is 1. The third kappa shape index (κ3) is 1.78. The molecule has 0 saturated carbocycles. The van der Waals surface area contributed by atoms with Gasteiger partial charge in [0.25, 0.3) is 6.43 Å². The largest absolute Gasteiger partial charge is 0.477 e. The summed E-state index contributed by atoms with van der Waals surface area (Å²) >= 11 is 0. The fraction of sp³-hybridized carbons (Fsp3) is 0.250. The first kappa shape index (κ1) is 10.4. The Labute approximate surface area is 78.4 Å². The Morgan fingerprint density at radius 3 is 2.64 bits per heavy atom. The Morgan fingerprint density at radius 2 is 2.21 bits per heavy atom. The maximum absolute atomic E-state index is 12.2. The van der Waals surface area contributed by atoms with E-state index in [0.717, 1.165) is 6.07 Å². The average Bonchev–Trinajstić information content (AvgIpc) is 2.08. The molecule has 0 aromatic carbocycles. The Bertz CT molecular complexity index is 380. The molecular weight excluding hydrogens is 194 g/mol. The number of pyridine rings is 1. The van der Waals surface area contributed by atoms with Crippen LogP contribution in [0.1, 0.15) is 28.2 Å². The van der Waals surface area contributed by atoms with Crippen molar-refractivity contribution < 1.29 is 18.7 Å². The summed E-state index contributed by atoms with van der Waals surface area (Å²) in [7, 11) is 0. The topological polar surface area (TPSA) is 76.2 Å². The number of nitrogens with zero attached hydrogens (tertiary/aromatic N) is 1. The highest BCUT2D eigenvalue weighted by atomic mass is 19.3. The monoisotopic (exact) mass is 202 g/mol. The van der Waals surface area contributed by atoms with E-state index in [-0.39, 0.29) is 11.3 Å². The number of aromatic nitrogens is 1. The van der Waals surface area contributed by atoms with Gasteiger partial charge in [0.15, 0.2) is 5.69 Å². The predicted molar refractivity (Wildman–Crippen MR) is 45.3 cm³/mol. The van der Waals surface area contributed by atoms with E-state index < -0.39 is 23.8 Å². The molecule has 1 aromatic rings. The van der Waals surface area contributed by atoms with Crippen LogP contribution in [-0.4, -0.2) is 16.1 Å². The molecule has 0 atom stereocenters. The SMILES string of the molecule is Cc1c(N)cc(C(F)F)nc1C(=O)O. The summed E-state index contributed by atoms with van der Waals surface area (Å²) in [6.07, 6.45) is -2.82. The van der Waals surface area contributed by atoms with Crippen LogP contribution in [0.2, 0.25) is 0 Å². The minimum absolute atomic E-state index is 0.00713. The van der Waals surface area contributed by atoms with Gasteiger partial charge in [0.05, 0.1) is 0 Å². The quantitative estimate of drug-likeness (QED) is 0.763. The lowest BCUT2D eigenvalue weighted by atomic mass is 10.1. The number of halogens is 2. The number of carboxylic acid groups (broad SMARTS) is 1. The first-order valence-electron chi connectivity index (χ1n) is 3.72. The third-order valence-electron chi connectivity index (χ3n) is 1.76. The van der Waals surface area contributed by atoms with Crippen LogP contribution in [-0.2, 0) is 0 Å². The number of nitrogens with two attached hydrogens (primary N) is 1. The summed E-state index contributed by atoms with van der Waals surface area (Å²) < 4.78 is 24.4. The summed E-state index contributed by atoms with van der Waals surface area (Å²) in [5.74, 6) is -1.36. The number of hydrogen-bond donors (Lipinski definition) is 2. The first-order valence-corrected chi connectivity index (χ1v) is 3.72. The van der Waals surface area contributed by atoms with E-state index in [2.05, 4.69) is 4.98 Å². The van der Waals surface area contributed by atoms with Gasteiger partial charge in [0, 0.05) is 11.3 Å². The summed E-state index contributed by atoms with van der Waals surface area (Å²) in [5.41, 5.74) is 4.51. The van der Waals surface area contributed by atoms with Gasteiger partial charge < -0.3 is 10.8 Å². The Balaban J connectivity index is 3.35. The molecule has 76 valence electrons. The second-order valence-corrected chi connectivity index (χ2v) is 2.72. The summed E-state index contributed by atoms with van der Waals surface area (Å²) in [6, 6.07) is 0.979. The normalized spacial score (nSPS) is 10.6. The van der Waals surface area contributed by atoms with Crippen LogP contribution in [0.15, 0.2) is 6.07 Å². The molecule has 14 heavy (non-hydrogen) atoms. The summed E-state index contributed by atoms with van der Waals surface area (Å²) in [6.45, 7) is 1.42. The molecule has 1 heterocycles. The van der Waals surface area contributed by atoms with Crippen molar-refractivity contribution in [3.63, 3.8) is 0 Å². The molecule has 1 aromatic heterocycles. The molecule has 0 saturated heterocycles. The molecule has 0 unspecified atom stereocenters. The number of nitrogen functional groups attached to an aromatic ring is 1. The minimum atomic E-state index is -2.82. The molecule has 1 rings (SSSR count). The van der Waals surface area contributed by atoms with E-state index in [9.17, 15) is 13.6 Å². The second-order valence-electron chi connectivity index (χ2n) is 2.72. The number of carboxylic acids is 1. The summed E-state index contributed by atoms with van der Waals surface area (Å²) in [4.78, 5) is 13.9. The number of rotatable bonds is 2. The zero-order valence-electron chi connectivity index (χ0n) is 7.29. The second kappa shape index (κ2) is 3.57. The van der Waals surface area contributed by atoms with Gasteiger partial charge in [-0.3, -0.25) is 0 Å². The molecule has 6 heteroatoms. The van der Waals surface area contributed by atoms with E-state index in [0.29, 0.717) is 0 Å². The van der Waals surface area contributed by atoms with E-state index in [1.165, 1.54) is 6.92 Å². The summed E-state index contributed by atoms with van der Waals surface area (Å²) in [5, 5.41) is 8.63. The van der Waals surface area contributed by atoms with Crippen molar-refractivity contribution in [2.75, 3.05) is 5.73 Å². The van der Waals surface area contributed by atoms with Crippen molar-refractivity contribution in [3.8, 4) is 0 Å². The molecule has 0 aliphatic carbocycles. The lowest BCUT2D eigenvalue weighted by Gasteiger charge is -2.06. The highest BCUT2D eigenvalue weighted by Gasteiger charge is 2.17. The van der Waals surface area contributed by atoms with Crippen molar-refractivity contribution in [2.45, 2.75) is 13.3 Å². The highest BCUT2D eigenvalue weighted by Crippen LogP contribution is 2.22. The Hall–Kier alpha value is -1.72. The average molecular weight is 202 g/mol. The molecule has 4 nitrogen and oxygen atoms in total. The van der Waals surface area contributed by atoms with E-state index >= 15 is 0 Å². The molecule has 0 aliphatic heterocycles. The van der Waals surface area contributed by atoms with Crippen LogP contribution in [0.5, 0.6) is 0 Å². The maximum atomic E-state index is 12.2. The Kier molecular flexibility index (Phi) is 2.64. The minimum Gasteiger partial charge on any atom is -0.477 e. The number of hydrogen-bond acceptors (Lipinski definition) is 3. The zero-order chi connectivity index (χ0) is 10.9. The highest BCUT2D eigenvalue weighted by molar-refractivity contribution is 5.88. The van der Waals surface area contributed by atoms with Gasteiger partial charge in [0.2, 0.25) is 0 Å². The van der Waals surface area contributed by atoms with E-state index in [1.54, 1.807) is 0 Å². The Morgan fingerprint density at radius 1 is 1.64 bits per heavy atom. The van der Waals surface area contributed by atoms with Gasteiger partial charge in [-0.2, -0.15) is 0 Å². The molecular formula is C8H8F2N2O2. The van der Waals surface area contributed by atoms with Crippen LogP contribution < -0.4 is 5.73 Å². The van der Waals surface area contributed by atoms with Crippen molar-refractivity contribution in [3.05, 3.63) is 23.0 Å². The molecule has 0 amide bonds. The van der Waals surface area contributed by atoms with Gasteiger partial charge >= 0.3 is 5.97 Å². The van der Waals surface area contributed by atoms with Gasteiger partial charge in [-0.05, 0) is 13.0 Å². The number of alkyl halides is 2. The molecule has 0 fully saturated rings. The molecule has 0 bridgehead atoms. The van der Waals surface area contributed by atoms with Crippen molar-refractivity contribution in [1.29, 1.82) is 0 Å². The molecule has 3 N–H and O–H groups in total. The molecule has 0 radical (unpaired) electrons. The molecule has 0 spiro atoms.